The number of furan rings is 1. The molecule has 7 nitrogen and oxygen atoms in total. The lowest BCUT2D eigenvalue weighted by atomic mass is 10.1. The van der Waals surface area contributed by atoms with Gasteiger partial charge in [-0.3, -0.25) is 19.8 Å². The molecule has 0 aliphatic rings. The van der Waals surface area contributed by atoms with Crippen molar-refractivity contribution < 1.29 is 27.3 Å². The van der Waals surface area contributed by atoms with Crippen LogP contribution in [-0.4, -0.2) is 46.9 Å². The van der Waals surface area contributed by atoms with E-state index in [4.69, 9.17) is 4.42 Å². The molecule has 152 valence electrons. The van der Waals surface area contributed by atoms with E-state index in [9.17, 15) is 28.1 Å². The molecular weight excluding hydrogens is 379 g/mol. The maximum Gasteiger partial charge on any atom is 0.406 e. The predicted molar refractivity (Wildman–Crippen MR) is 94.3 cm³/mol. The molecule has 0 radical (unpaired) electrons. The molecule has 28 heavy (non-hydrogen) atoms. The number of likely N-dealkylation sites (N-methyl/N-ethyl adjacent to an activating group) is 1. The second kappa shape index (κ2) is 8.87. The number of carbonyl (C=O) groups excluding carboxylic acids is 1. The van der Waals surface area contributed by atoms with Crippen molar-refractivity contribution >= 4 is 11.6 Å². The summed E-state index contributed by atoms with van der Waals surface area (Å²) < 4.78 is 43.7. The van der Waals surface area contributed by atoms with Gasteiger partial charge in [-0.15, -0.1) is 0 Å². The SMILES string of the molecule is C[C@H](c1cccc([N+](=O)[O-])c1)N(C)CC(=O)N(Cc1ccco1)CC(F)(F)F. The predicted octanol–water partition coefficient (Wildman–Crippen LogP) is 3.77. The number of amides is 1. The lowest BCUT2D eigenvalue weighted by molar-refractivity contribution is -0.384. The van der Waals surface area contributed by atoms with Crippen molar-refractivity contribution in [1.82, 2.24) is 9.80 Å². The van der Waals surface area contributed by atoms with Gasteiger partial charge in [0.2, 0.25) is 5.91 Å². The first-order chi connectivity index (χ1) is 13.1. The van der Waals surface area contributed by atoms with E-state index in [-0.39, 0.29) is 24.5 Å². The summed E-state index contributed by atoms with van der Waals surface area (Å²) >= 11 is 0. The number of alkyl halides is 3. The topological polar surface area (TPSA) is 79.8 Å². The number of rotatable bonds is 8. The van der Waals surface area contributed by atoms with Crippen LogP contribution in [0.25, 0.3) is 0 Å². The van der Waals surface area contributed by atoms with Crippen LogP contribution in [0.15, 0.2) is 47.1 Å². The fourth-order valence-corrected chi connectivity index (χ4v) is 2.64. The largest absolute Gasteiger partial charge is 0.467 e. The Morgan fingerprint density at radius 1 is 1.29 bits per heavy atom. The Bertz CT molecular complexity index is 809. The number of hydrogen-bond donors (Lipinski definition) is 0. The van der Waals surface area contributed by atoms with Gasteiger partial charge in [-0.05, 0) is 31.7 Å². The third-order valence-corrected chi connectivity index (χ3v) is 4.26. The number of halogens is 3. The van der Waals surface area contributed by atoms with Crippen LogP contribution in [0, 0.1) is 10.1 Å². The first kappa shape index (κ1) is 21.4. The molecule has 0 saturated carbocycles. The molecule has 0 N–H and O–H groups in total. The molecule has 10 heteroatoms. The van der Waals surface area contributed by atoms with Crippen LogP contribution >= 0.6 is 0 Å². The average molecular weight is 399 g/mol. The van der Waals surface area contributed by atoms with Crippen LogP contribution in [0.2, 0.25) is 0 Å². The molecule has 0 fully saturated rings. The number of nitrogens with zero attached hydrogens (tertiary/aromatic N) is 3. The number of non-ortho nitro benzene ring substituents is 1. The van der Waals surface area contributed by atoms with Crippen molar-refractivity contribution in [1.29, 1.82) is 0 Å². The van der Waals surface area contributed by atoms with E-state index in [1.54, 1.807) is 20.0 Å². The zero-order chi connectivity index (χ0) is 20.9. The first-order valence-corrected chi connectivity index (χ1v) is 8.38. The molecule has 0 aliphatic carbocycles. The van der Waals surface area contributed by atoms with E-state index in [0.29, 0.717) is 10.5 Å². The molecule has 0 unspecified atom stereocenters. The van der Waals surface area contributed by atoms with E-state index >= 15 is 0 Å². The minimum absolute atomic E-state index is 0.0967. The number of nitro groups is 1. The summed E-state index contributed by atoms with van der Waals surface area (Å²) in [6.07, 6.45) is -3.23. The molecule has 1 aromatic heterocycles. The zero-order valence-electron chi connectivity index (χ0n) is 15.3. The van der Waals surface area contributed by atoms with Crippen LogP contribution in [0.1, 0.15) is 24.3 Å². The highest BCUT2D eigenvalue weighted by Gasteiger charge is 2.34. The van der Waals surface area contributed by atoms with Gasteiger partial charge in [0.15, 0.2) is 0 Å². The van der Waals surface area contributed by atoms with Crippen molar-refractivity contribution in [2.24, 2.45) is 0 Å². The summed E-state index contributed by atoms with van der Waals surface area (Å²) in [7, 11) is 1.57. The Kier molecular flexibility index (Phi) is 6.79. The molecule has 0 spiro atoms. The molecule has 1 atom stereocenters. The third kappa shape index (κ3) is 6.08. The smallest absolute Gasteiger partial charge is 0.406 e. The highest BCUT2D eigenvalue weighted by atomic mass is 19.4. The van der Waals surface area contributed by atoms with Crippen LogP contribution in [0.5, 0.6) is 0 Å². The standard InChI is InChI=1S/C18H20F3N3O4/c1-13(14-5-3-6-15(9-14)24(26)27)22(2)11-17(25)23(12-18(19,20)21)10-16-7-4-8-28-16/h3-9,13H,10-12H2,1-2H3/t13-/m1/s1. The third-order valence-electron chi connectivity index (χ3n) is 4.26. The number of hydrogen-bond acceptors (Lipinski definition) is 5. The van der Waals surface area contributed by atoms with Crippen molar-refractivity contribution in [2.75, 3.05) is 20.1 Å². The molecule has 0 bridgehead atoms. The number of carbonyl (C=O) groups is 1. The maximum atomic E-state index is 12.9. The second-order valence-electron chi connectivity index (χ2n) is 6.39. The fraction of sp³-hybridized carbons (Fsp3) is 0.389. The molecule has 1 heterocycles. The van der Waals surface area contributed by atoms with Gasteiger partial charge in [-0.1, -0.05) is 12.1 Å². The first-order valence-electron chi connectivity index (χ1n) is 8.38. The van der Waals surface area contributed by atoms with Crippen LogP contribution in [-0.2, 0) is 11.3 Å². The Morgan fingerprint density at radius 2 is 2.00 bits per heavy atom. The van der Waals surface area contributed by atoms with Gasteiger partial charge in [0.1, 0.15) is 12.3 Å². The molecule has 0 aliphatic heterocycles. The summed E-state index contributed by atoms with van der Waals surface area (Å²) in [6.45, 7) is -0.274. The van der Waals surface area contributed by atoms with Crippen LogP contribution < -0.4 is 0 Å². The van der Waals surface area contributed by atoms with Gasteiger partial charge in [0.25, 0.3) is 5.69 Å². The van der Waals surface area contributed by atoms with Gasteiger partial charge in [0, 0.05) is 18.2 Å². The molecule has 1 aromatic carbocycles. The zero-order valence-corrected chi connectivity index (χ0v) is 15.3. The summed E-state index contributed by atoms with van der Waals surface area (Å²) in [5, 5.41) is 10.9. The Hall–Kier alpha value is -2.88. The Balaban J connectivity index is 2.10. The van der Waals surface area contributed by atoms with Gasteiger partial charge < -0.3 is 9.32 Å². The van der Waals surface area contributed by atoms with Crippen molar-refractivity contribution in [2.45, 2.75) is 25.7 Å². The van der Waals surface area contributed by atoms with Crippen LogP contribution in [0.3, 0.4) is 0 Å². The van der Waals surface area contributed by atoms with Gasteiger partial charge in [-0.25, -0.2) is 0 Å². The molecule has 2 aromatic rings. The van der Waals surface area contributed by atoms with Gasteiger partial charge in [-0.2, -0.15) is 13.2 Å². The van der Waals surface area contributed by atoms with Crippen LogP contribution in [0.4, 0.5) is 18.9 Å². The molecular formula is C18H20F3N3O4. The number of nitro benzene ring substituents is 1. The minimum atomic E-state index is -4.55. The molecule has 0 saturated heterocycles. The highest BCUT2D eigenvalue weighted by Crippen LogP contribution is 2.24. The van der Waals surface area contributed by atoms with E-state index in [2.05, 4.69) is 0 Å². The summed E-state index contributed by atoms with van der Waals surface area (Å²) in [5.41, 5.74) is 0.485. The lowest BCUT2D eigenvalue weighted by Crippen LogP contribution is -2.43. The lowest BCUT2D eigenvalue weighted by Gasteiger charge is -2.29. The van der Waals surface area contributed by atoms with Crippen molar-refractivity contribution in [3.8, 4) is 0 Å². The Labute approximate surface area is 159 Å². The van der Waals surface area contributed by atoms with Crippen molar-refractivity contribution in [3.05, 3.63) is 64.1 Å². The van der Waals surface area contributed by atoms with E-state index in [1.807, 2.05) is 0 Å². The maximum absolute atomic E-state index is 12.9. The van der Waals surface area contributed by atoms with Gasteiger partial charge in [0.05, 0.1) is 24.3 Å². The Morgan fingerprint density at radius 3 is 2.57 bits per heavy atom. The average Bonchev–Trinajstić information content (AvgIpc) is 3.12. The van der Waals surface area contributed by atoms with Gasteiger partial charge >= 0.3 is 6.18 Å². The van der Waals surface area contributed by atoms with Crippen molar-refractivity contribution in [3.63, 3.8) is 0 Å². The highest BCUT2D eigenvalue weighted by molar-refractivity contribution is 5.78. The second-order valence-corrected chi connectivity index (χ2v) is 6.39. The van der Waals surface area contributed by atoms with E-state index < -0.39 is 29.6 Å². The van der Waals surface area contributed by atoms with E-state index in [0.717, 1.165) is 0 Å². The monoisotopic (exact) mass is 399 g/mol. The minimum Gasteiger partial charge on any atom is -0.467 e. The van der Waals surface area contributed by atoms with E-state index in [1.165, 1.54) is 41.5 Å². The molecule has 1 amide bonds. The molecule has 2 rings (SSSR count). The number of benzene rings is 1. The summed E-state index contributed by atoms with van der Waals surface area (Å²) in [4.78, 5) is 25.1. The fourth-order valence-electron chi connectivity index (χ4n) is 2.64. The quantitative estimate of drug-likeness (QED) is 0.499. The normalized spacial score (nSPS) is 12.8. The summed E-state index contributed by atoms with van der Waals surface area (Å²) in [6, 6.07) is 8.51. The summed E-state index contributed by atoms with van der Waals surface area (Å²) in [5.74, 6) is -0.486.